The Balaban J connectivity index is 2.79. The maximum absolute atomic E-state index is 12.2. The van der Waals surface area contributed by atoms with Gasteiger partial charge in [-0.15, -0.1) is 0 Å². The normalized spacial score (nSPS) is 12.5. The minimum atomic E-state index is -3.50. The molecule has 21 heavy (non-hydrogen) atoms. The molecule has 0 radical (unpaired) electrons. The number of benzene rings is 1. The molecule has 0 saturated heterocycles. The van der Waals surface area contributed by atoms with E-state index in [-0.39, 0.29) is 17.4 Å². The van der Waals surface area contributed by atoms with Crippen molar-refractivity contribution in [1.82, 2.24) is 4.72 Å². The van der Waals surface area contributed by atoms with Gasteiger partial charge in [-0.05, 0) is 36.1 Å². The first-order valence-corrected chi connectivity index (χ1v) is 9.55. The minimum absolute atomic E-state index is 0.000125. The summed E-state index contributed by atoms with van der Waals surface area (Å²) in [7, 11) is -3.50. The molecule has 0 aliphatic carbocycles. The minimum Gasteiger partial charge on any atom is -0.395 e. The van der Waals surface area contributed by atoms with E-state index in [0.29, 0.717) is 18.5 Å². The van der Waals surface area contributed by atoms with Crippen LogP contribution in [0.25, 0.3) is 0 Å². The first-order valence-electron chi connectivity index (χ1n) is 6.68. The molecule has 0 fully saturated rings. The maximum Gasteiger partial charge on any atom is 0.240 e. The van der Waals surface area contributed by atoms with Crippen molar-refractivity contribution >= 4 is 21.8 Å². The topological polar surface area (TPSA) is 66.4 Å². The summed E-state index contributed by atoms with van der Waals surface area (Å²) < 4.78 is 27.1. The summed E-state index contributed by atoms with van der Waals surface area (Å²) in [6.07, 6.45) is 2.38. The fourth-order valence-electron chi connectivity index (χ4n) is 1.64. The lowest BCUT2D eigenvalue weighted by molar-refractivity contribution is 0.305. The lowest BCUT2D eigenvalue weighted by Gasteiger charge is -2.11. The Labute approximate surface area is 131 Å². The number of hydrogen-bond acceptors (Lipinski definition) is 4. The van der Waals surface area contributed by atoms with Crippen LogP contribution in [0.4, 0.5) is 0 Å². The third kappa shape index (κ3) is 6.53. The van der Waals surface area contributed by atoms with E-state index in [2.05, 4.69) is 16.6 Å². The van der Waals surface area contributed by atoms with Gasteiger partial charge in [0.1, 0.15) is 0 Å². The predicted molar refractivity (Wildman–Crippen MR) is 87.8 cm³/mol. The van der Waals surface area contributed by atoms with E-state index < -0.39 is 10.0 Å². The Kier molecular flexibility index (Phi) is 7.83. The summed E-state index contributed by atoms with van der Waals surface area (Å²) in [5.74, 6) is 6.81. The first-order chi connectivity index (χ1) is 9.99. The Bertz CT molecular complexity index is 603. The van der Waals surface area contributed by atoms with Gasteiger partial charge in [0.15, 0.2) is 0 Å². The van der Waals surface area contributed by atoms with E-state index >= 15 is 0 Å². The number of aliphatic hydroxyl groups excluding tert-OH is 1. The first kappa shape index (κ1) is 18.1. The van der Waals surface area contributed by atoms with E-state index in [1.165, 1.54) is 0 Å². The third-order valence-electron chi connectivity index (χ3n) is 2.69. The van der Waals surface area contributed by atoms with Crippen molar-refractivity contribution in [3.8, 4) is 11.8 Å². The average molecular weight is 327 g/mol. The predicted octanol–water partition coefficient (Wildman–Crippen LogP) is 1.70. The molecule has 0 spiro atoms. The van der Waals surface area contributed by atoms with Crippen LogP contribution < -0.4 is 4.72 Å². The Morgan fingerprint density at radius 2 is 2.19 bits per heavy atom. The van der Waals surface area contributed by atoms with Crippen molar-refractivity contribution in [2.75, 3.05) is 25.2 Å². The third-order valence-corrected chi connectivity index (χ3v) is 5.01. The number of aliphatic hydroxyl groups is 1. The highest BCUT2D eigenvalue weighted by Gasteiger charge is 2.15. The number of sulfonamides is 1. The zero-order chi connectivity index (χ0) is 15.7. The quantitative estimate of drug-likeness (QED) is 0.748. The molecule has 6 heteroatoms. The molecule has 1 rings (SSSR count). The standard InChI is InChI=1S/C15H21NO3S2/c1-13(12-20-2)11-16-21(18,19)15-8-5-7-14(10-15)6-3-4-9-17/h5,7-8,10,13,16-17H,4,9,11-12H2,1-2H3. The Morgan fingerprint density at radius 3 is 2.86 bits per heavy atom. The average Bonchev–Trinajstić information content (AvgIpc) is 2.46. The molecule has 1 atom stereocenters. The second-order valence-electron chi connectivity index (χ2n) is 4.72. The van der Waals surface area contributed by atoms with Crippen LogP contribution in [0.5, 0.6) is 0 Å². The fourth-order valence-corrected chi connectivity index (χ4v) is 3.54. The summed E-state index contributed by atoms with van der Waals surface area (Å²) in [5.41, 5.74) is 0.628. The molecule has 4 nitrogen and oxygen atoms in total. The highest BCUT2D eigenvalue weighted by Crippen LogP contribution is 2.12. The van der Waals surface area contributed by atoms with Crippen molar-refractivity contribution in [1.29, 1.82) is 0 Å². The fraction of sp³-hybridized carbons (Fsp3) is 0.467. The summed E-state index contributed by atoms with van der Waals surface area (Å²) in [6.45, 7) is 2.43. The molecule has 1 aromatic rings. The van der Waals surface area contributed by atoms with Gasteiger partial charge in [0.25, 0.3) is 0 Å². The van der Waals surface area contributed by atoms with Crippen molar-refractivity contribution in [2.45, 2.75) is 18.2 Å². The summed E-state index contributed by atoms with van der Waals surface area (Å²) in [4.78, 5) is 0.217. The largest absolute Gasteiger partial charge is 0.395 e. The second-order valence-corrected chi connectivity index (χ2v) is 7.39. The van der Waals surface area contributed by atoms with Crippen LogP contribution in [0.3, 0.4) is 0 Å². The lowest BCUT2D eigenvalue weighted by atomic mass is 10.2. The van der Waals surface area contributed by atoms with Crippen molar-refractivity contribution in [3.05, 3.63) is 29.8 Å². The van der Waals surface area contributed by atoms with Gasteiger partial charge in [0.05, 0.1) is 11.5 Å². The molecule has 116 valence electrons. The van der Waals surface area contributed by atoms with Crippen LogP contribution in [0.15, 0.2) is 29.2 Å². The Hall–Kier alpha value is -1.00. The Morgan fingerprint density at radius 1 is 1.43 bits per heavy atom. The summed E-state index contributed by atoms with van der Waals surface area (Å²) >= 11 is 1.70. The van der Waals surface area contributed by atoms with Gasteiger partial charge in [0.2, 0.25) is 10.0 Å². The molecule has 1 aromatic carbocycles. The van der Waals surface area contributed by atoms with E-state index in [0.717, 1.165) is 5.75 Å². The molecule has 0 heterocycles. The molecule has 0 aliphatic heterocycles. The zero-order valence-corrected chi connectivity index (χ0v) is 13.9. The van der Waals surface area contributed by atoms with Crippen LogP contribution >= 0.6 is 11.8 Å². The van der Waals surface area contributed by atoms with Gasteiger partial charge in [0, 0.05) is 18.5 Å². The number of rotatable bonds is 7. The van der Waals surface area contributed by atoms with Crippen LogP contribution in [0.2, 0.25) is 0 Å². The van der Waals surface area contributed by atoms with E-state index in [1.54, 1.807) is 36.0 Å². The second kappa shape index (κ2) is 9.11. The van der Waals surface area contributed by atoms with Crippen molar-refractivity contribution in [3.63, 3.8) is 0 Å². The van der Waals surface area contributed by atoms with Gasteiger partial charge in [-0.3, -0.25) is 0 Å². The monoisotopic (exact) mass is 327 g/mol. The maximum atomic E-state index is 12.2. The number of nitrogens with one attached hydrogen (secondary N) is 1. The highest BCUT2D eigenvalue weighted by atomic mass is 32.2. The van der Waals surface area contributed by atoms with Crippen molar-refractivity contribution < 1.29 is 13.5 Å². The molecule has 0 bridgehead atoms. The van der Waals surface area contributed by atoms with Gasteiger partial charge in [-0.25, -0.2) is 13.1 Å². The highest BCUT2D eigenvalue weighted by molar-refractivity contribution is 7.98. The molecular weight excluding hydrogens is 306 g/mol. The van der Waals surface area contributed by atoms with Gasteiger partial charge >= 0.3 is 0 Å². The lowest BCUT2D eigenvalue weighted by Crippen LogP contribution is -2.29. The molecular formula is C15H21NO3S2. The van der Waals surface area contributed by atoms with E-state index in [1.807, 2.05) is 13.2 Å². The molecule has 0 aliphatic rings. The molecule has 0 saturated carbocycles. The van der Waals surface area contributed by atoms with Gasteiger partial charge in [-0.1, -0.05) is 24.8 Å². The molecule has 2 N–H and O–H groups in total. The molecule has 0 amide bonds. The van der Waals surface area contributed by atoms with Crippen LogP contribution in [0, 0.1) is 17.8 Å². The number of hydrogen-bond donors (Lipinski definition) is 2. The summed E-state index contributed by atoms with van der Waals surface area (Å²) in [6, 6.07) is 6.52. The zero-order valence-electron chi connectivity index (χ0n) is 12.3. The molecule has 1 unspecified atom stereocenters. The SMILES string of the molecule is CSCC(C)CNS(=O)(=O)c1cccc(C#CCCO)c1. The molecule has 0 aromatic heterocycles. The smallest absolute Gasteiger partial charge is 0.240 e. The summed E-state index contributed by atoms with van der Waals surface area (Å²) in [5, 5.41) is 8.68. The number of thioether (sulfide) groups is 1. The van der Waals surface area contributed by atoms with E-state index in [9.17, 15) is 8.42 Å². The van der Waals surface area contributed by atoms with Crippen LogP contribution in [0.1, 0.15) is 18.9 Å². The van der Waals surface area contributed by atoms with Gasteiger partial charge < -0.3 is 5.11 Å². The van der Waals surface area contributed by atoms with Crippen molar-refractivity contribution in [2.24, 2.45) is 5.92 Å². The van der Waals surface area contributed by atoms with E-state index in [4.69, 9.17) is 5.11 Å². The van der Waals surface area contributed by atoms with Crippen LogP contribution in [-0.2, 0) is 10.0 Å². The van der Waals surface area contributed by atoms with Crippen LogP contribution in [-0.4, -0.2) is 38.7 Å². The van der Waals surface area contributed by atoms with Gasteiger partial charge in [-0.2, -0.15) is 11.8 Å².